The van der Waals surface area contributed by atoms with Gasteiger partial charge in [0.2, 0.25) is 0 Å². The maximum Gasteiger partial charge on any atom is 0.160 e. The van der Waals surface area contributed by atoms with E-state index in [0.29, 0.717) is 0 Å². The number of thiophene rings is 1. The fourth-order valence-electron chi connectivity index (χ4n) is 7.90. The van der Waals surface area contributed by atoms with Gasteiger partial charge in [0.15, 0.2) is 5.82 Å². The van der Waals surface area contributed by atoms with Crippen molar-refractivity contribution in [1.29, 1.82) is 0 Å². The van der Waals surface area contributed by atoms with Crippen LogP contribution in [0.4, 0.5) is 0 Å². The van der Waals surface area contributed by atoms with Crippen molar-refractivity contribution in [3.63, 3.8) is 0 Å². The number of aromatic nitrogens is 4. The van der Waals surface area contributed by atoms with Crippen molar-refractivity contribution < 1.29 is 0 Å². The van der Waals surface area contributed by atoms with Crippen LogP contribution in [-0.2, 0) is 0 Å². The smallest absolute Gasteiger partial charge is 0.160 e. The standard InChI is InChI=1S/C46H28N4S/c1-3-15-29(16-4-1)46-47-43(45-44(48-46)34-22-10-14-26-42(34)51-45)33-21-9-13-25-39(33)50-38-24-12-8-20-32(38)36-27-40-35(28-41(36)50)31-19-7-11-23-37(31)49(40)30-17-5-2-6-18-30/h1-28H. The topological polar surface area (TPSA) is 35.6 Å². The van der Waals surface area contributed by atoms with Gasteiger partial charge in [0, 0.05) is 48.4 Å². The van der Waals surface area contributed by atoms with Gasteiger partial charge in [-0.25, -0.2) is 9.97 Å². The van der Waals surface area contributed by atoms with Crippen LogP contribution in [0, 0.1) is 0 Å². The first-order valence-corrected chi connectivity index (χ1v) is 18.0. The molecule has 11 aromatic rings. The lowest BCUT2D eigenvalue weighted by molar-refractivity contribution is 1.17. The van der Waals surface area contributed by atoms with Crippen molar-refractivity contribution in [3.05, 3.63) is 170 Å². The lowest BCUT2D eigenvalue weighted by Gasteiger charge is -2.15. The van der Waals surface area contributed by atoms with Gasteiger partial charge in [-0.3, -0.25) is 0 Å². The maximum atomic E-state index is 5.38. The number of benzene rings is 7. The van der Waals surface area contributed by atoms with Gasteiger partial charge in [-0.1, -0.05) is 121 Å². The number of fused-ring (bicyclic) bond motifs is 9. The summed E-state index contributed by atoms with van der Waals surface area (Å²) in [4.78, 5) is 10.6. The molecule has 0 N–H and O–H groups in total. The second kappa shape index (κ2) is 11.0. The molecule has 4 heterocycles. The fraction of sp³-hybridized carbons (Fsp3) is 0. The average molecular weight is 669 g/mol. The molecule has 0 radical (unpaired) electrons. The van der Waals surface area contributed by atoms with Crippen LogP contribution < -0.4 is 0 Å². The van der Waals surface area contributed by atoms with Crippen molar-refractivity contribution in [3.8, 4) is 34.0 Å². The molecule has 0 saturated carbocycles. The van der Waals surface area contributed by atoms with Crippen LogP contribution in [-0.4, -0.2) is 19.1 Å². The third-order valence-corrected chi connectivity index (χ3v) is 11.3. The summed E-state index contributed by atoms with van der Waals surface area (Å²) in [5, 5.41) is 6.05. The highest BCUT2D eigenvalue weighted by molar-refractivity contribution is 7.26. The highest BCUT2D eigenvalue weighted by Crippen LogP contribution is 2.44. The van der Waals surface area contributed by atoms with Crippen LogP contribution in [0.25, 0.3) is 97.9 Å². The zero-order valence-electron chi connectivity index (χ0n) is 27.4. The van der Waals surface area contributed by atoms with E-state index in [0.717, 1.165) is 60.7 Å². The molecule has 7 aromatic carbocycles. The minimum Gasteiger partial charge on any atom is -0.309 e. The van der Waals surface area contributed by atoms with E-state index in [9.17, 15) is 0 Å². The van der Waals surface area contributed by atoms with Crippen LogP contribution in [0.3, 0.4) is 0 Å². The summed E-state index contributed by atoms with van der Waals surface area (Å²) in [6.07, 6.45) is 0. The highest BCUT2D eigenvalue weighted by Gasteiger charge is 2.22. The maximum absolute atomic E-state index is 5.38. The molecule has 0 unspecified atom stereocenters. The van der Waals surface area contributed by atoms with Gasteiger partial charge in [0.25, 0.3) is 0 Å². The summed E-state index contributed by atoms with van der Waals surface area (Å²) in [7, 11) is 0. The SMILES string of the molecule is c1ccc(-c2nc(-c3ccccc3-n3c4ccccc4c4cc5c(cc43)c3ccccc3n5-c3ccccc3)c3sc4ccccc4c3n2)cc1. The minimum atomic E-state index is 0.731. The third kappa shape index (κ3) is 4.19. The van der Waals surface area contributed by atoms with Gasteiger partial charge in [-0.2, -0.15) is 0 Å². The fourth-order valence-corrected chi connectivity index (χ4v) is 9.05. The molecule has 238 valence electrons. The first-order valence-electron chi connectivity index (χ1n) is 17.2. The van der Waals surface area contributed by atoms with E-state index in [2.05, 4.69) is 173 Å². The molecule has 0 aliphatic heterocycles. The first-order chi connectivity index (χ1) is 25.3. The molecule has 0 aliphatic carbocycles. The summed E-state index contributed by atoms with van der Waals surface area (Å²) in [5.41, 5.74) is 11.0. The van der Waals surface area contributed by atoms with Crippen LogP contribution >= 0.6 is 11.3 Å². The van der Waals surface area contributed by atoms with E-state index in [1.165, 1.54) is 37.3 Å². The van der Waals surface area contributed by atoms with E-state index < -0.39 is 0 Å². The molecule has 0 amide bonds. The summed E-state index contributed by atoms with van der Waals surface area (Å²) < 4.78 is 7.14. The normalized spacial score (nSPS) is 11.9. The van der Waals surface area contributed by atoms with Gasteiger partial charge < -0.3 is 9.13 Å². The van der Waals surface area contributed by atoms with Crippen molar-refractivity contribution in [2.24, 2.45) is 0 Å². The van der Waals surface area contributed by atoms with E-state index in [1.54, 1.807) is 11.3 Å². The largest absolute Gasteiger partial charge is 0.309 e. The number of hydrogen-bond acceptors (Lipinski definition) is 3. The van der Waals surface area contributed by atoms with Gasteiger partial charge in [0.1, 0.15) is 0 Å². The highest BCUT2D eigenvalue weighted by atomic mass is 32.1. The molecule has 0 saturated heterocycles. The van der Waals surface area contributed by atoms with Crippen LogP contribution in [0.5, 0.6) is 0 Å². The summed E-state index contributed by atoms with van der Waals surface area (Å²) in [6.45, 7) is 0. The molecule has 11 rings (SSSR count). The summed E-state index contributed by atoms with van der Waals surface area (Å²) in [6, 6.07) is 60.6. The summed E-state index contributed by atoms with van der Waals surface area (Å²) in [5.74, 6) is 0.731. The number of nitrogens with zero attached hydrogens (tertiary/aromatic N) is 4. The monoisotopic (exact) mass is 668 g/mol. The lowest BCUT2D eigenvalue weighted by atomic mass is 10.1. The minimum absolute atomic E-state index is 0.731. The Morgan fingerprint density at radius 1 is 0.431 bits per heavy atom. The van der Waals surface area contributed by atoms with Crippen LogP contribution in [0.2, 0.25) is 0 Å². The summed E-state index contributed by atoms with van der Waals surface area (Å²) >= 11 is 1.77. The third-order valence-electron chi connectivity index (χ3n) is 10.1. The van der Waals surface area contributed by atoms with Gasteiger partial charge in [0.05, 0.1) is 43.7 Å². The van der Waals surface area contributed by atoms with Crippen molar-refractivity contribution in [2.45, 2.75) is 0 Å². The average Bonchev–Trinajstić information content (AvgIpc) is 3.85. The number of para-hydroxylation sites is 4. The van der Waals surface area contributed by atoms with Crippen molar-refractivity contribution in [1.82, 2.24) is 19.1 Å². The van der Waals surface area contributed by atoms with Gasteiger partial charge in [-0.05, 0) is 48.5 Å². The Kier molecular flexibility index (Phi) is 6.09. The molecule has 4 aromatic heterocycles. The predicted octanol–water partition coefficient (Wildman–Crippen LogP) is 12.4. The Hall–Kier alpha value is -6.56. The van der Waals surface area contributed by atoms with Crippen molar-refractivity contribution in [2.75, 3.05) is 0 Å². The van der Waals surface area contributed by atoms with Crippen LogP contribution in [0.15, 0.2) is 170 Å². The molecule has 0 aliphatic rings. The molecule has 0 atom stereocenters. The van der Waals surface area contributed by atoms with E-state index in [-0.39, 0.29) is 0 Å². The first kappa shape index (κ1) is 28.3. The Labute approximate surface area is 297 Å². The molecule has 51 heavy (non-hydrogen) atoms. The van der Waals surface area contributed by atoms with E-state index in [4.69, 9.17) is 9.97 Å². The molecule has 5 heteroatoms. The van der Waals surface area contributed by atoms with Crippen LogP contribution in [0.1, 0.15) is 0 Å². The Balaban J connectivity index is 1.25. The van der Waals surface area contributed by atoms with Gasteiger partial charge >= 0.3 is 0 Å². The second-order valence-corrected chi connectivity index (χ2v) is 14.0. The number of rotatable bonds is 4. The van der Waals surface area contributed by atoms with E-state index in [1.807, 2.05) is 6.07 Å². The van der Waals surface area contributed by atoms with Gasteiger partial charge in [-0.15, -0.1) is 11.3 Å². The van der Waals surface area contributed by atoms with E-state index >= 15 is 0 Å². The molecule has 0 fully saturated rings. The quantitative estimate of drug-likeness (QED) is 0.187. The lowest BCUT2D eigenvalue weighted by Crippen LogP contribution is -2.00. The zero-order valence-corrected chi connectivity index (χ0v) is 28.2. The molecule has 0 bridgehead atoms. The second-order valence-electron chi connectivity index (χ2n) is 13.0. The zero-order chi connectivity index (χ0) is 33.5. The Bertz CT molecular complexity index is 3130. The molecule has 0 spiro atoms. The Morgan fingerprint density at radius 2 is 1.00 bits per heavy atom. The Morgan fingerprint density at radius 3 is 1.75 bits per heavy atom. The predicted molar refractivity (Wildman–Crippen MR) is 214 cm³/mol. The van der Waals surface area contributed by atoms with Crippen molar-refractivity contribution >= 4 is 75.3 Å². The number of hydrogen-bond donors (Lipinski definition) is 0. The molecule has 4 nitrogen and oxygen atoms in total. The molecular formula is C46H28N4S. The molecular weight excluding hydrogens is 641 g/mol.